The standard InChI is InChI=1S/C32H35N5O3.C25H22FN5O2.C22H23N5O2.C20H21N5O2/c1-21-7-5-6-10-27(21)32(39)35-19-22-11-13-24(14-12-22)29-28(31(34)38)30(33)37(36-29)25-15-17-26(18-16-25)40-20-23-8-3-2-4-9-23;1-15-5-2-3-8-20(15)25(33)29-14-16-9-11-17(12-10-16)22-21(24(28)32)23(27)31(30-22)19-7-4-6-18(26)13-19;1-13-4-2-3-5-17(13)22(29)25-12-14-6-8-15(9-7-14)19-18(21(24)28)20(23)27(26-19)16-10-11-16;1-12-5-3-4-6-15(12)20(27)23-11-13-7-9-14(10-8-13)17-16(19(22)26)18(21)25(2)24-17/h2-14,25-26H,15-20,33H2,1H3,(H2,34,38)(H,35,39);2-13H,14,27H2,1H3,(H2,28,32)(H,29,33);2-9,16H,10-12,23H2,1H3,(H2,24,28)(H,25,29);3-10H,11,21H2,1-2H3,(H2,22,26)(H,23,27). The summed E-state index contributed by atoms with van der Waals surface area (Å²) >= 11 is 0. The van der Waals surface area contributed by atoms with Crippen LogP contribution in [0.5, 0.6) is 0 Å². The van der Waals surface area contributed by atoms with Gasteiger partial charge in [0, 0.05) is 77.7 Å². The van der Waals surface area contributed by atoms with Gasteiger partial charge in [0.1, 0.15) is 74.1 Å². The lowest BCUT2D eigenvalue weighted by molar-refractivity contribution is 0.00764. The number of nitrogens with one attached hydrogen (secondary N) is 4. The Balaban J connectivity index is 0.000000148. The minimum Gasteiger partial charge on any atom is -0.383 e. The molecule has 30 heteroatoms. The summed E-state index contributed by atoms with van der Waals surface area (Å²) in [4.78, 5) is 97.8. The van der Waals surface area contributed by atoms with Gasteiger partial charge in [0.25, 0.3) is 47.3 Å². The number of aromatic nitrogens is 8. The first-order valence-corrected chi connectivity index (χ1v) is 41.9. The molecule has 0 unspecified atom stereocenters. The van der Waals surface area contributed by atoms with Crippen LogP contribution in [0, 0.1) is 33.5 Å². The molecule has 658 valence electrons. The summed E-state index contributed by atoms with van der Waals surface area (Å²) in [6.07, 6.45) is 5.67. The second kappa shape index (κ2) is 41.1. The molecule has 4 heterocycles. The first-order chi connectivity index (χ1) is 62.1. The average molecular weight is 1730 g/mol. The predicted molar refractivity (Wildman–Crippen MR) is 495 cm³/mol. The van der Waals surface area contributed by atoms with Crippen LogP contribution in [-0.2, 0) is 44.6 Å². The van der Waals surface area contributed by atoms with Gasteiger partial charge < -0.3 is 71.9 Å². The van der Waals surface area contributed by atoms with E-state index in [9.17, 15) is 42.7 Å². The molecule has 29 nitrogen and oxygen atoms in total. The van der Waals surface area contributed by atoms with Crippen molar-refractivity contribution in [1.29, 1.82) is 0 Å². The van der Waals surface area contributed by atoms with Crippen molar-refractivity contribution in [3.05, 3.63) is 349 Å². The lowest BCUT2D eigenvalue weighted by Gasteiger charge is -2.29. The quantitative estimate of drug-likeness (QED) is 0.0240. The number of nitrogen functional groups attached to an aromatic ring is 4. The molecule has 129 heavy (non-hydrogen) atoms. The Hall–Kier alpha value is -16.1. The smallest absolute Gasteiger partial charge is 0.254 e. The van der Waals surface area contributed by atoms with E-state index in [0.717, 1.165) is 105 Å². The highest BCUT2D eigenvalue weighted by Crippen LogP contribution is 2.41. The van der Waals surface area contributed by atoms with E-state index in [1.807, 2.05) is 210 Å². The van der Waals surface area contributed by atoms with E-state index in [2.05, 4.69) is 48.7 Å². The molecule has 0 bridgehead atoms. The van der Waals surface area contributed by atoms with Crippen molar-refractivity contribution in [2.75, 3.05) is 22.9 Å². The largest absolute Gasteiger partial charge is 0.383 e. The van der Waals surface area contributed by atoms with Crippen molar-refractivity contribution < 1.29 is 47.5 Å². The Morgan fingerprint density at radius 3 is 0.977 bits per heavy atom. The van der Waals surface area contributed by atoms with Gasteiger partial charge in [-0.15, -0.1) is 0 Å². The number of nitrogens with two attached hydrogens (primary N) is 8. The maximum Gasteiger partial charge on any atom is 0.254 e. The number of aryl methyl sites for hydroxylation is 5. The van der Waals surface area contributed by atoms with E-state index < -0.39 is 29.4 Å². The molecule has 10 aromatic carbocycles. The molecule has 2 fully saturated rings. The fourth-order valence-electron chi connectivity index (χ4n) is 15.1. The van der Waals surface area contributed by atoms with Crippen LogP contribution in [0.15, 0.2) is 249 Å². The van der Waals surface area contributed by atoms with Gasteiger partial charge in [0.2, 0.25) is 0 Å². The van der Waals surface area contributed by atoms with Crippen molar-refractivity contribution in [3.8, 4) is 50.7 Å². The minimum atomic E-state index is -0.736. The SMILES string of the molecule is Cc1ccccc1C(=O)NCc1ccc(-c2nn(-c3cccc(F)c3)c(N)c2C(N)=O)cc1.Cc1ccccc1C(=O)NCc1ccc(-c2nn(C)c(N)c2C(N)=O)cc1.Cc1ccccc1C(=O)NCc1ccc(-c2nn(C3CC3)c(N)c2C(N)=O)cc1.Cc1ccccc1C(=O)NCc1ccc(-c2nn(C3CCC(OCc4ccccc4)CC3)c(N)c2C(N)=O)cc1. The van der Waals surface area contributed by atoms with Crippen LogP contribution in [-0.4, -0.2) is 92.5 Å². The van der Waals surface area contributed by atoms with Gasteiger partial charge in [-0.05, 0) is 159 Å². The van der Waals surface area contributed by atoms with E-state index in [1.165, 1.54) is 27.6 Å². The molecular weight excluding hydrogens is 1630 g/mol. The number of hydrogen-bond acceptors (Lipinski definition) is 17. The first-order valence-electron chi connectivity index (χ1n) is 41.9. The molecule has 14 aromatic rings. The number of rotatable bonds is 26. The van der Waals surface area contributed by atoms with Gasteiger partial charge in [-0.2, -0.15) is 20.4 Å². The van der Waals surface area contributed by atoms with Crippen LogP contribution < -0.4 is 67.1 Å². The molecule has 0 atom stereocenters. The third-order valence-electron chi connectivity index (χ3n) is 22.4. The predicted octanol–water partition coefficient (Wildman–Crippen LogP) is 13.6. The van der Waals surface area contributed by atoms with Crippen LogP contribution >= 0.6 is 0 Å². The molecule has 2 aliphatic carbocycles. The van der Waals surface area contributed by atoms with Crippen molar-refractivity contribution >= 4 is 70.5 Å². The number of carbonyl (C=O) groups excluding carboxylic acids is 8. The summed E-state index contributed by atoms with van der Waals surface area (Å²) < 4.78 is 26.0. The van der Waals surface area contributed by atoms with Crippen LogP contribution in [0.4, 0.5) is 27.7 Å². The third kappa shape index (κ3) is 22.0. The zero-order chi connectivity index (χ0) is 91.7. The highest BCUT2D eigenvalue weighted by Gasteiger charge is 2.33. The van der Waals surface area contributed by atoms with E-state index in [1.54, 1.807) is 52.8 Å². The summed E-state index contributed by atoms with van der Waals surface area (Å²) in [6, 6.07) is 75.5. The van der Waals surface area contributed by atoms with Crippen molar-refractivity contribution in [1.82, 2.24) is 60.4 Å². The van der Waals surface area contributed by atoms with Crippen molar-refractivity contribution in [2.24, 2.45) is 30.0 Å². The monoisotopic (exact) mass is 1730 g/mol. The fourth-order valence-corrected chi connectivity index (χ4v) is 15.1. The zero-order valence-electron chi connectivity index (χ0n) is 71.9. The molecule has 4 aromatic heterocycles. The Morgan fingerprint density at radius 1 is 0.349 bits per heavy atom. The Morgan fingerprint density at radius 2 is 0.651 bits per heavy atom. The second-order valence-electron chi connectivity index (χ2n) is 31.5. The number of carbonyl (C=O) groups is 8. The summed E-state index contributed by atoms with van der Waals surface area (Å²) in [7, 11) is 1.65. The molecule has 0 spiro atoms. The molecule has 16 rings (SSSR count). The minimum absolute atomic E-state index is 0.0256. The molecule has 0 aliphatic heterocycles. The molecule has 2 saturated carbocycles. The van der Waals surface area contributed by atoms with Gasteiger partial charge in [-0.3, -0.25) is 43.0 Å². The van der Waals surface area contributed by atoms with E-state index >= 15 is 0 Å². The van der Waals surface area contributed by atoms with Crippen molar-refractivity contribution in [3.63, 3.8) is 0 Å². The first kappa shape index (κ1) is 90.6. The maximum absolute atomic E-state index is 13.7. The third-order valence-corrected chi connectivity index (χ3v) is 22.4. The van der Waals surface area contributed by atoms with Gasteiger partial charge >= 0.3 is 0 Å². The van der Waals surface area contributed by atoms with Crippen LogP contribution in [0.2, 0.25) is 0 Å². The number of ether oxygens (including phenoxy) is 1. The van der Waals surface area contributed by atoms with Gasteiger partial charge in [-0.1, -0.05) is 206 Å². The zero-order valence-corrected chi connectivity index (χ0v) is 71.9. The summed E-state index contributed by atoms with van der Waals surface area (Å²) in [5, 5.41) is 29.7. The van der Waals surface area contributed by atoms with Gasteiger partial charge in [0.15, 0.2) is 0 Å². The Labute approximate surface area is 744 Å². The van der Waals surface area contributed by atoms with Gasteiger partial charge in [0.05, 0.1) is 30.5 Å². The van der Waals surface area contributed by atoms with Crippen molar-refractivity contribution in [2.45, 2.75) is 117 Å². The van der Waals surface area contributed by atoms with Gasteiger partial charge in [-0.25, -0.2) is 18.4 Å². The number of amides is 8. The number of halogens is 1. The highest BCUT2D eigenvalue weighted by molar-refractivity contribution is 6.06. The molecule has 8 amide bonds. The van der Waals surface area contributed by atoms with Crippen LogP contribution in [0.25, 0.3) is 50.7 Å². The van der Waals surface area contributed by atoms with E-state index in [0.29, 0.717) is 101 Å². The number of benzene rings is 10. The fraction of sp³-hybridized carbons (Fsp3) is 0.192. The lowest BCUT2D eigenvalue weighted by Crippen LogP contribution is -2.25. The number of nitrogens with zero attached hydrogens (tertiary/aromatic N) is 8. The number of anilines is 4. The topological polar surface area (TPSA) is 473 Å². The molecule has 20 N–H and O–H groups in total. The lowest BCUT2D eigenvalue weighted by atomic mass is 9.93. The molecule has 0 radical (unpaired) electrons. The highest BCUT2D eigenvalue weighted by atomic mass is 19.1. The molecular formula is C99H101FN20O9. The Kier molecular flexibility index (Phi) is 28.9. The van der Waals surface area contributed by atoms with E-state index in [4.69, 9.17) is 55.7 Å². The molecule has 2 aliphatic rings. The summed E-state index contributed by atoms with van der Waals surface area (Å²) in [6.45, 7) is 9.70. The Bertz CT molecular complexity index is 6450. The van der Waals surface area contributed by atoms with Crippen LogP contribution in [0.1, 0.15) is 184 Å². The second-order valence-corrected chi connectivity index (χ2v) is 31.5. The average Bonchev–Trinajstić information content (AvgIpc) is 1.63. The molecule has 0 saturated heterocycles. The van der Waals surface area contributed by atoms with Crippen LogP contribution in [0.3, 0.4) is 0 Å². The number of primary amides is 4. The normalized spacial score (nSPS) is 13.2. The van der Waals surface area contributed by atoms with E-state index in [-0.39, 0.29) is 75.7 Å². The number of hydrogen-bond donors (Lipinski definition) is 12. The summed E-state index contributed by atoms with van der Waals surface area (Å²) in [5.41, 5.74) is 63.6. The summed E-state index contributed by atoms with van der Waals surface area (Å²) in [5.74, 6) is -2.64. The maximum atomic E-state index is 13.7.